The Morgan fingerprint density at radius 2 is 1.63 bits per heavy atom. The number of nitrogens with zero attached hydrogens (tertiary/aromatic N) is 1. The van der Waals surface area contributed by atoms with Crippen molar-refractivity contribution >= 4 is 5.91 Å². The highest BCUT2D eigenvalue weighted by Gasteiger charge is 2.42. The van der Waals surface area contributed by atoms with Gasteiger partial charge in [-0.3, -0.25) is 4.79 Å². The molecule has 3 nitrogen and oxygen atoms in total. The summed E-state index contributed by atoms with van der Waals surface area (Å²) in [7, 11) is 0. The van der Waals surface area contributed by atoms with Crippen LogP contribution in [-0.4, -0.2) is 29.4 Å². The second-order valence-corrected chi connectivity index (χ2v) is 8.68. The molecule has 2 aliphatic rings. The van der Waals surface area contributed by atoms with Gasteiger partial charge in [-0.25, -0.2) is 0 Å². The van der Waals surface area contributed by atoms with Crippen molar-refractivity contribution < 1.29 is 4.79 Å². The number of aryl methyl sites for hydroxylation is 1. The average Bonchev–Trinajstić information content (AvgIpc) is 3.13. The van der Waals surface area contributed by atoms with Crippen LogP contribution in [0.4, 0.5) is 0 Å². The quantitative estimate of drug-likeness (QED) is 0.898. The predicted octanol–water partition coefficient (Wildman–Crippen LogP) is 3.98. The van der Waals surface area contributed by atoms with Crippen molar-refractivity contribution in [2.75, 3.05) is 13.1 Å². The number of carbonyl (C=O) groups is 1. The van der Waals surface area contributed by atoms with Crippen LogP contribution in [0.2, 0.25) is 0 Å². The molecule has 1 saturated heterocycles. The molecule has 1 heterocycles. The number of likely N-dealkylation sites (tertiary alicyclic amines) is 1. The Bertz CT molecular complexity index is 809. The molecule has 1 unspecified atom stereocenters. The van der Waals surface area contributed by atoms with Crippen molar-refractivity contribution in [2.24, 2.45) is 17.6 Å². The molecule has 2 aromatic rings. The summed E-state index contributed by atoms with van der Waals surface area (Å²) in [4.78, 5) is 14.8. The van der Waals surface area contributed by atoms with Crippen molar-refractivity contribution in [3.63, 3.8) is 0 Å². The van der Waals surface area contributed by atoms with Crippen LogP contribution in [-0.2, 0) is 12.8 Å². The molecule has 1 amide bonds. The minimum absolute atomic E-state index is 0.157. The summed E-state index contributed by atoms with van der Waals surface area (Å²) in [6.45, 7) is 5.89. The van der Waals surface area contributed by atoms with Gasteiger partial charge in [-0.15, -0.1) is 0 Å². The highest BCUT2D eigenvalue weighted by atomic mass is 16.2. The highest BCUT2D eigenvalue weighted by molar-refractivity contribution is 5.94. The number of fused-ring (bicyclic) bond motifs is 1. The number of carbonyl (C=O) groups excluding carboxylic acids is 1. The van der Waals surface area contributed by atoms with E-state index >= 15 is 0 Å². The molecular weight excluding hydrogens is 332 g/mol. The van der Waals surface area contributed by atoms with Crippen LogP contribution in [0, 0.1) is 18.8 Å². The zero-order valence-electron chi connectivity index (χ0n) is 16.4. The van der Waals surface area contributed by atoms with E-state index in [0.717, 1.165) is 49.9 Å². The topological polar surface area (TPSA) is 46.3 Å². The molecule has 3 heteroatoms. The Morgan fingerprint density at radius 1 is 1.00 bits per heavy atom. The van der Waals surface area contributed by atoms with E-state index in [1.54, 1.807) is 0 Å². The summed E-state index contributed by atoms with van der Waals surface area (Å²) < 4.78 is 0. The molecule has 142 valence electrons. The molecule has 1 fully saturated rings. The van der Waals surface area contributed by atoms with E-state index in [1.807, 2.05) is 36.1 Å². The van der Waals surface area contributed by atoms with Crippen LogP contribution in [0.3, 0.4) is 0 Å². The third-order valence-electron chi connectivity index (χ3n) is 6.86. The van der Waals surface area contributed by atoms with Crippen molar-refractivity contribution in [1.82, 2.24) is 4.90 Å². The van der Waals surface area contributed by atoms with Crippen molar-refractivity contribution in [3.05, 3.63) is 70.8 Å². The van der Waals surface area contributed by atoms with Gasteiger partial charge in [0.15, 0.2) is 0 Å². The van der Waals surface area contributed by atoms with Crippen LogP contribution in [0.25, 0.3) is 0 Å². The minimum atomic E-state index is -0.183. The number of nitrogens with two attached hydrogens (primary N) is 1. The smallest absolute Gasteiger partial charge is 0.253 e. The summed E-state index contributed by atoms with van der Waals surface area (Å²) in [6.07, 6.45) is 4.17. The fraction of sp³-hybridized carbons (Fsp3) is 0.458. The average molecular weight is 363 g/mol. The summed E-state index contributed by atoms with van der Waals surface area (Å²) in [5.74, 6) is 1.13. The van der Waals surface area contributed by atoms with Gasteiger partial charge in [-0.1, -0.05) is 42.0 Å². The molecule has 0 aromatic heterocycles. The monoisotopic (exact) mass is 362 g/mol. The summed E-state index contributed by atoms with van der Waals surface area (Å²) >= 11 is 0. The Balaban J connectivity index is 1.39. The fourth-order valence-corrected chi connectivity index (χ4v) is 5.00. The molecule has 0 radical (unpaired) electrons. The van der Waals surface area contributed by atoms with Crippen LogP contribution in [0.15, 0.2) is 48.5 Å². The molecule has 0 spiro atoms. The van der Waals surface area contributed by atoms with Crippen LogP contribution < -0.4 is 5.73 Å². The Hall–Kier alpha value is -2.13. The zero-order valence-corrected chi connectivity index (χ0v) is 16.4. The van der Waals surface area contributed by atoms with Crippen molar-refractivity contribution in [3.8, 4) is 0 Å². The first-order valence-electron chi connectivity index (χ1n) is 10.2. The van der Waals surface area contributed by atoms with E-state index in [0.29, 0.717) is 11.8 Å². The number of hydrogen-bond acceptors (Lipinski definition) is 2. The van der Waals surface area contributed by atoms with E-state index in [2.05, 4.69) is 31.2 Å². The van der Waals surface area contributed by atoms with Gasteiger partial charge in [0.1, 0.15) is 0 Å². The maximum Gasteiger partial charge on any atom is 0.253 e. The second-order valence-electron chi connectivity index (χ2n) is 8.68. The standard InChI is InChI=1S/C24H30N2O/c1-17-6-5-9-20(14-17)23(27)26-12-10-21(11-13-26)24(2,25)22-15-18-7-3-4-8-19(18)16-22/h3-9,14,21-22H,10-13,15-16,25H2,1-2H3. The fourth-order valence-electron chi connectivity index (χ4n) is 5.00. The van der Waals surface area contributed by atoms with Gasteiger partial charge in [0.2, 0.25) is 0 Å². The predicted molar refractivity (Wildman–Crippen MR) is 110 cm³/mol. The van der Waals surface area contributed by atoms with Gasteiger partial charge in [0, 0.05) is 24.2 Å². The Morgan fingerprint density at radius 3 is 2.22 bits per heavy atom. The third-order valence-corrected chi connectivity index (χ3v) is 6.86. The number of amides is 1. The molecule has 1 aliphatic heterocycles. The van der Waals surface area contributed by atoms with E-state index < -0.39 is 0 Å². The van der Waals surface area contributed by atoms with Gasteiger partial charge in [-0.05, 0) is 74.6 Å². The first kappa shape index (κ1) is 18.2. The molecule has 1 atom stereocenters. The maximum absolute atomic E-state index is 12.8. The third kappa shape index (κ3) is 3.53. The number of piperidine rings is 1. The first-order valence-corrected chi connectivity index (χ1v) is 10.2. The Kier molecular flexibility index (Phi) is 4.81. The number of rotatable bonds is 3. The van der Waals surface area contributed by atoms with Gasteiger partial charge < -0.3 is 10.6 Å². The lowest BCUT2D eigenvalue weighted by molar-refractivity contribution is 0.0602. The van der Waals surface area contributed by atoms with Crippen LogP contribution in [0.1, 0.15) is 46.8 Å². The minimum Gasteiger partial charge on any atom is -0.339 e. The van der Waals surface area contributed by atoms with Gasteiger partial charge in [0.05, 0.1) is 0 Å². The molecule has 4 rings (SSSR count). The SMILES string of the molecule is Cc1cccc(C(=O)N2CCC(C(C)(N)C3Cc4ccccc4C3)CC2)c1. The molecule has 1 aliphatic carbocycles. The van der Waals surface area contributed by atoms with Gasteiger partial charge in [0.25, 0.3) is 5.91 Å². The van der Waals surface area contributed by atoms with Gasteiger partial charge >= 0.3 is 0 Å². The molecule has 0 saturated carbocycles. The van der Waals surface area contributed by atoms with Gasteiger partial charge in [-0.2, -0.15) is 0 Å². The van der Waals surface area contributed by atoms with E-state index in [-0.39, 0.29) is 11.4 Å². The second kappa shape index (κ2) is 7.12. The Labute approximate surface area is 162 Å². The summed E-state index contributed by atoms with van der Waals surface area (Å²) in [5, 5.41) is 0. The van der Waals surface area contributed by atoms with Crippen LogP contribution >= 0.6 is 0 Å². The van der Waals surface area contributed by atoms with E-state index in [9.17, 15) is 4.79 Å². The number of hydrogen-bond donors (Lipinski definition) is 1. The lowest BCUT2D eigenvalue weighted by Gasteiger charge is -2.44. The summed E-state index contributed by atoms with van der Waals surface area (Å²) in [5.41, 5.74) is 11.6. The van der Waals surface area contributed by atoms with Crippen molar-refractivity contribution in [1.29, 1.82) is 0 Å². The number of benzene rings is 2. The molecule has 2 aromatic carbocycles. The molecule has 0 bridgehead atoms. The maximum atomic E-state index is 12.8. The zero-order chi connectivity index (χ0) is 19.0. The molecule has 2 N–H and O–H groups in total. The molecule has 27 heavy (non-hydrogen) atoms. The highest BCUT2D eigenvalue weighted by Crippen LogP contribution is 2.39. The lowest BCUT2D eigenvalue weighted by Crippen LogP contribution is -2.55. The lowest BCUT2D eigenvalue weighted by atomic mass is 9.70. The van der Waals surface area contributed by atoms with Crippen LogP contribution in [0.5, 0.6) is 0 Å². The normalized spacial score (nSPS) is 20.3. The largest absolute Gasteiger partial charge is 0.339 e. The van der Waals surface area contributed by atoms with E-state index in [1.165, 1.54) is 11.1 Å². The first-order chi connectivity index (χ1) is 12.9. The summed E-state index contributed by atoms with van der Waals surface area (Å²) in [6, 6.07) is 16.6. The van der Waals surface area contributed by atoms with Crippen molar-refractivity contribution in [2.45, 2.75) is 45.1 Å². The van der Waals surface area contributed by atoms with E-state index in [4.69, 9.17) is 5.73 Å². The molecular formula is C24H30N2O.